The molecule has 0 aliphatic carbocycles. The smallest absolute Gasteiger partial charge is 0.416 e. The maximum atomic E-state index is 13.5. The maximum absolute atomic E-state index is 13.5. The quantitative estimate of drug-likeness (QED) is 0.210. The third kappa shape index (κ3) is 9.69. The fraction of sp³-hybridized carbons (Fsp3) is 0.429. The van der Waals surface area contributed by atoms with Crippen molar-refractivity contribution in [1.29, 1.82) is 0 Å². The van der Waals surface area contributed by atoms with E-state index in [-0.39, 0.29) is 42.2 Å². The van der Waals surface area contributed by atoms with Crippen LogP contribution < -0.4 is 14.8 Å². The number of ether oxygens (including phenoxy) is 5. The Bertz CT molecular complexity index is 1530. The molecule has 2 aromatic carbocycles. The fourth-order valence-electron chi connectivity index (χ4n) is 5.36. The number of amides is 1. The van der Waals surface area contributed by atoms with Crippen LogP contribution >= 0.6 is 0 Å². The number of halogens is 3. The molecule has 0 bridgehead atoms. The van der Waals surface area contributed by atoms with Gasteiger partial charge < -0.3 is 29.0 Å². The van der Waals surface area contributed by atoms with Crippen molar-refractivity contribution in [3.63, 3.8) is 0 Å². The molecule has 2 heterocycles. The normalized spacial score (nSPS) is 20.1. The van der Waals surface area contributed by atoms with E-state index < -0.39 is 54.4 Å². The fourth-order valence-corrected chi connectivity index (χ4v) is 5.36. The van der Waals surface area contributed by atoms with Gasteiger partial charge in [0.15, 0.2) is 23.2 Å². The van der Waals surface area contributed by atoms with E-state index in [1.54, 1.807) is 20.8 Å². The first kappa shape index (κ1) is 36.2. The Balaban J connectivity index is 1.54. The van der Waals surface area contributed by atoms with Gasteiger partial charge in [-0.1, -0.05) is 56.3 Å². The molecule has 0 radical (unpaired) electrons. The molecule has 1 saturated heterocycles. The number of rotatable bonds is 11. The van der Waals surface area contributed by atoms with Crippen LogP contribution in [-0.2, 0) is 42.8 Å². The highest BCUT2D eigenvalue weighted by Gasteiger charge is 2.36. The molecule has 1 N–H and O–H groups in total. The lowest BCUT2D eigenvalue weighted by molar-refractivity contribution is -0.155. The minimum absolute atomic E-state index is 0.0979. The van der Waals surface area contributed by atoms with Crippen LogP contribution in [0.2, 0.25) is 0 Å². The monoisotopic (exact) mass is 672 g/mol. The number of esters is 2. The Kier molecular flexibility index (Phi) is 12.4. The Morgan fingerprint density at radius 1 is 1.00 bits per heavy atom. The third-order valence-corrected chi connectivity index (χ3v) is 7.99. The molecule has 4 rings (SSSR count). The number of hydrogen-bond donors (Lipinski definition) is 1. The number of carbonyl (C=O) groups excluding carboxylic acids is 3. The molecular weight excluding hydrogens is 633 g/mol. The molecule has 1 aliphatic heterocycles. The number of nitrogens with zero attached hydrogens (tertiary/aromatic N) is 1. The number of methoxy groups -OCH3 is 1. The van der Waals surface area contributed by atoms with Crippen LogP contribution in [0.4, 0.5) is 13.2 Å². The Labute approximate surface area is 276 Å². The summed E-state index contributed by atoms with van der Waals surface area (Å²) in [4.78, 5) is 42.9. The van der Waals surface area contributed by atoms with Gasteiger partial charge >= 0.3 is 18.1 Å². The summed E-state index contributed by atoms with van der Waals surface area (Å²) in [6, 6.07) is 14.8. The van der Waals surface area contributed by atoms with Crippen molar-refractivity contribution >= 4 is 17.8 Å². The second-order valence-corrected chi connectivity index (χ2v) is 11.8. The minimum Gasteiger partial charge on any atom is -0.493 e. The molecule has 0 unspecified atom stereocenters. The lowest BCUT2D eigenvalue weighted by atomic mass is 9.80. The van der Waals surface area contributed by atoms with Gasteiger partial charge in [-0.05, 0) is 48.9 Å². The summed E-state index contributed by atoms with van der Waals surface area (Å²) in [5, 5.41) is 2.61. The van der Waals surface area contributed by atoms with Crippen molar-refractivity contribution in [1.82, 2.24) is 10.3 Å². The van der Waals surface area contributed by atoms with Gasteiger partial charge in [0, 0.05) is 18.2 Å². The maximum Gasteiger partial charge on any atom is 0.416 e. The van der Waals surface area contributed by atoms with Gasteiger partial charge in [-0.2, -0.15) is 13.2 Å². The second kappa shape index (κ2) is 16.4. The first-order valence-electron chi connectivity index (χ1n) is 15.5. The highest BCUT2D eigenvalue weighted by Crippen LogP contribution is 2.33. The molecule has 1 fully saturated rings. The molecule has 13 heteroatoms. The zero-order valence-corrected chi connectivity index (χ0v) is 27.1. The summed E-state index contributed by atoms with van der Waals surface area (Å²) in [6.07, 6.45) is -2.91. The van der Waals surface area contributed by atoms with Crippen LogP contribution in [0.1, 0.15) is 48.0 Å². The molecule has 3 aromatic rings. The molecule has 258 valence electrons. The third-order valence-electron chi connectivity index (χ3n) is 7.99. The lowest BCUT2D eigenvalue weighted by Gasteiger charge is -2.31. The molecule has 10 nitrogen and oxygen atoms in total. The number of benzene rings is 2. The number of alkyl halides is 3. The van der Waals surface area contributed by atoms with Crippen LogP contribution in [-0.4, -0.2) is 62.1 Å². The summed E-state index contributed by atoms with van der Waals surface area (Å²) in [7, 11) is 1.36. The number of hydrogen-bond acceptors (Lipinski definition) is 9. The van der Waals surface area contributed by atoms with Gasteiger partial charge in [0.2, 0.25) is 6.79 Å². The Morgan fingerprint density at radius 2 is 1.69 bits per heavy atom. The summed E-state index contributed by atoms with van der Waals surface area (Å²) >= 11 is 0. The van der Waals surface area contributed by atoms with Gasteiger partial charge in [0.1, 0.15) is 6.10 Å². The molecular formula is C35H39F3N2O8. The molecule has 4 atom stereocenters. The van der Waals surface area contributed by atoms with Crippen molar-refractivity contribution in [2.75, 3.05) is 27.1 Å². The van der Waals surface area contributed by atoms with Gasteiger partial charge in [0.25, 0.3) is 5.91 Å². The van der Waals surface area contributed by atoms with Crippen LogP contribution in [0, 0.1) is 17.8 Å². The van der Waals surface area contributed by atoms with Crippen LogP contribution in [0.3, 0.4) is 0 Å². The van der Waals surface area contributed by atoms with Gasteiger partial charge in [-0.25, -0.2) is 9.78 Å². The Morgan fingerprint density at radius 3 is 2.33 bits per heavy atom. The SMILES string of the molecule is COc1ccnc(C(=O)N[C@H]2COC[C@H](Cc3ccc(C(F)(F)F)cc3)[C@@H](Cc3ccccc3)[C@H](C)OC2=O)c1OCOC(=O)C(C)C. The number of pyridine rings is 1. The first-order valence-corrected chi connectivity index (χ1v) is 15.5. The average Bonchev–Trinajstić information content (AvgIpc) is 3.10. The van der Waals surface area contributed by atoms with Crippen LogP contribution in [0.15, 0.2) is 66.9 Å². The predicted molar refractivity (Wildman–Crippen MR) is 167 cm³/mol. The van der Waals surface area contributed by atoms with Crippen molar-refractivity contribution in [3.05, 3.63) is 89.2 Å². The summed E-state index contributed by atoms with van der Waals surface area (Å²) in [6.45, 7) is 4.46. The largest absolute Gasteiger partial charge is 0.493 e. The molecule has 48 heavy (non-hydrogen) atoms. The zero-order valence-electron chi connectivity index (χ0n) is 27.1. The van der Waals surface area contributed by atoms with Crippen LogP contribution in [0.25, 0.3) is 0 Å². The zero-order chi connectivity index (χ0) is 34.8. The van der Waals surface area contributed by atoms with Gasteiger partial charge in [-0.15, -0.1) is 0 Å². The number of carbonyl (C=O) groups is 3. The minimum atomic E-state index is -4.45. The molecule has 1 aliphatic rings. The van der Waals surface area contributed by atoms with E-state index in [4.69, 9.17) is 23.7 Å². The molecule has 1 aromatic heterocycles. The van der Waals surface area contributed by atoms with E-state index in [9.17, 15) is 27.6 Å². The van der Waals surface area contributed by atoms with Crippen LogP contribution in [0.5, 0.6) is 11.5 Å². The van der Waals surface area contributed by atoms with Gasteiger partial charge in [0.05, 0.1) is 31.8 Å². The number of nitrogens with one attached hydrogen (secondary N) is 1. The molecule has 1 amide bonds. The number of aromatic nitrogens is 1. The van der Waals surface area contributed by atoms with E-state index in [1.807, 2.05) is 30.3 Å². The van der Waals surface area contributed by atoms with Crippen molar-refractivity contribution in [2.24, 2.45) is 17.8 Å². The van der Waals surface area contributed by atoms with Crippen molar-refractivity contribution < 1.29 is 51.2 Å². The summed E-state index contributed by atoms with van der Waals surface area (Å²) in [5.41, 5.74) is 0.697. The van der Waals surface area contributed by atoms with E-state index in [2.05, 4.69) is 10.3 Å². The lowest BCUT2D eigenvalue weighted by Crippen LogP contribution is -2.46. The van der Waals surface area contributed by atoms with E-state index in [1.165, 1.54) is 31.5 Å². The first-order chi connectivity index (χ1) is 22.9. The van der Waals surface area contributed by atoms with Crippen molar-refractivity contribution in [3.8, 4) is 11.5 Å². The highest BCUT2D eigenvalue weighted by molar-refractivity contribution is 5.98. The molecule has 0 spiro atoms. The second-order valence-electron chi connectivity index (χ2n) is 11.8. The van der Waals surface area contributed by atoms with E-state index in [0.717, 1.165) is 17.7 Å². The van der Waals surface area contributed by atoms with E-state index in [0.29, 0.717) is 18.4 Å². The van der Waals surface area contributed by atoms with Crippen molar-refractivity contribution in [2.45, 2.75) is 51.9 Å². The highest BCUT2D eigenvalue weighted by atomic mass is 19.4. The summed E-state index contributed by atoms with van der Waals surface area (Å²) in [5.74, 6) is -2.92. The standard InChI is InChI=1S/C35H39F3N2O8/c1-21(2)33(42)47-20-46-31-29(44-4)14-15-39-30(31)32(41)40-28-19-45-18-25(16-24-10-12-26(13-11-24)35(36,37)38)27(22(3)48-34(28)43)17-23-8-6-5-7-9-23/h5-15,21-22,25,27-28H,16-20H2,1-4H3,(H,40,41)/t22-,25-,27-,28-/m0/s1. The average molecular weight is 673 g/mol. The predicted octanol–water partition coefficient (Wildman–Crippen LogP) is 5.42. The number of cyclic esters (lactones) is 1. The van der Waals surface area contributed by atoms with Gasteiger partial charge in [-0.3, -0.25) is 9.59 Å². The summed E-state index contributed by atoms with van der Waals surface area (Å²) < 4.78 is 67.4. The topological polar surface area (TPSA) is 122 Å². The Hall–Kier alpha value is -4.65. The van der Waals surface area contributed by atoms with E-state index >= 15 is 0 Å². The molecule has 0 saturated carbocycles.